The fraction of sp³-hybridized carbons (Fsp3) is 0.143. The number of aromatic nitrogens is 2. The molecule has 7 aromatic rings. The molecule has 0 amide bonds. The zero-order chi connectivity index (χ0) is 21.3. The first-order valence-corrected chi connectivity index (χ1v) is 10.9. The summed E-state index contributed by atoms with van der Waals surface area (Å²) in [6.45, 7) is 4.00. The van der Waals surface area contributed by atoms with Crippen LogP contribution in [0.2, 0.25) is 0 Å². The van der Waals surface area contributed by atoms with Crippen molar-refractivity contribution in [1.82, 2.24) is 9.13 Å². The van der Waals surface area contributed by atoms with Crippen molar-refractivity contribution in [2.24, 2.45) is 14.1 Å². The van der Waals surface area contributed by atoms with Gasteiger partial charge < -0.3 is 13.6 Å². The number of nitrogens with zero attached hydrogens (tertiary/aromatic N) is 2. The highest BCUT2D eigenvalue weighted by molar-refractivity contribution is 6.30. The van der Waals surface area contributed by atoms with E-state index in [2.05, 4.69) is 90.0 Å². The Morgan fingerprint density at radius 1 is 0.548 bits per heavy atom. The van der Waals surface area contributed by atoms with Crippen molar-refractivity contribution in [3.63, 3.8) is 0 Å². The van der Waals surface area contributed by atoms with E-state index in [1.165, 1.54) is 54.4 Å². The molecule has 0 fully saturated rings. The van der Waals surface area contributed by atoms with E-state index in [0.29, 0.717) is 0 Å². The standard InChI is InChI=1S/C26H18N2O.C2H6/c1-27-19-9-5-3-8-17(19)23-20(27)14-12-18-24-21(28(2)25(18)23)13-11-16-15-7-4-6-10-22(15)29-26(16)24;1-2/h3-14H,1-2H3;1-2H3. The maximum atomic E-state index is 6.37. The Hall–Kier alpha value is -3.72. The van der Waals surface area contributed by atoms with Gasteiger partial charge in [-0.1, -0.05) is 50.2 Å². The van der Waals surface area contributed by atoms with Crippen LogP contribution in [-0.4, -0.2) is 9.13 Å². The van der Waals surface area contributed by atoms with Crippen LogP contribution in [-0.2, 0) is 14.1 Å². The van der Waals surface area contributed by atoms with Gasteiger partial charge >= 0.3 is 0 Å². The number of hydrogen-bond donors (Lipinski definition) is 0. The van der Waals surface area contributed by atoms with Gasteiger partial charge in [0.15, 0.2) is 0 Å². The van der Waals surface area contributed by atoms with Crippen LogP contribution in [0.4, 0.5) is 0 Å². The Balaban J connectivity index is 0.000000902. The lowest BCUT2D eigenvalue weighted by Gasteiger charge is -2.01. The molecule has 0 aliphatic carbocycles. The summed E-state index contributed by atoms with van der Waals surface area (Å²) in [6.07, 6.45) is 0. The minimum absolute atomic E-state index is 0.943. The van der Waals surface area contributed by atoms with Gasteiger partial charge in [-0.2, -0.15) is 0 Å². The van der Waals surface area contributed by atoms with Crippen LogP contribution in [0.3, 0.4) is 0 Å². The van der Waals surface area contributed by atoms with Crippen LogP contribution in [0.5, 0.6) is 0 Å². The Morgan fingerprint density at radius 2 is 1.19 bits per heavy atom. The lowest BCUT2D eigenvalue weighted by molar-refractivity contribution is 0.673. The van der Waals surface area contributed by atoms with Crippen LogP contribution >= 0.6 is 0 Å². The molecule has 0 saturated carbocycles. The molecule has 31 heavy (non-hydrogen) atoms. The molecule has 0 N–H and O–H groups in total. The smallest absolute Gasteiger partial charge is 0.145 e. The van der Waals surface area contributed by atoms with Gasteiger partial charge in [-0.05, 0) is 36.4 Å². The first-order chi connectivity index (χ1) is 15.2. The normalized spacial score (nSPS) is 11.9. The highest BCUT2D eigenvalue weighted by atomic mass is 16.3. The molecule has 0 atom stereocenters. The quantitative estimate of drug-likeness (QED) is 0.252. The summed E-state index contributed by atoms with van der Waals surface area (Å²) in [5.74, 6) is 0. The van der Waals surface area contributed by atoms with Gasteiger partial charge in [0.1, 0.15) is 11.2 Å². The Morgan fingerprint density at radius 3 is 2.00 bits per heavy atom. The highest BCUT2D eigenvalue weighted by Gasteiger charge is 2.20. The molecule has 3 heteroatoms. The molecule has 0 unspecified atom stereocenters. The van der Waals surface area contributed by atoms with Crippen LogP contribution < -0.4 is 0 Å². The van der Waals surface area contributed by atoms with Gasteiger partial charge in [0, 0.05) is 46.5 Å². The summed E-state index contributed by atoms with van der Waals surface area (Å²) in [6, 6.07) is 25.9. The number of aryl methyl sites for hydroxylation is 2. The summed E-state index contributed by atoms with van der Waals surface area (Å²) in [7, 11) is 4.32. The molecule has 0 aliphatic heterocycles. The fourth-order valence-electron chi connectivity index (χ4n) is 5.22. The minimum atomic E-state index is 0.943. The third-order valence-electron chi connectivity index (χ3n) is 6.54. The molecular weight excluding hydrogens is 380 g/mol. The summed E-state index contributed by atoms with van der Waals surface area (Å²) in [4.78, 5) is 0. The Bertz CT molecular complexity index is 1780. The van der Waals surface area contributed by atoms with Gasteiger partial charge in [0.2, 0.25) is 0 Å². The van der Waals surface area contributed by atoms with Crippen molar-refractivity contribution in [2.45, 2.75) is 13.8 Å². The molecule has 0 spiro atoms. The van der Waals surface area contributed by atoms with E-state index in [9.17, 15) is 0 Å². The van der Waals surface area contributed by atoms with E-state index in [1.54, 1.807) is 0 Å². The van der Waals surface area contributed by atoms with Gasteiger partial charge in [-0.15, -0.1) is 0 Å². The maximum Gasteiger partial charge on any atom is 0.145 e. The average molecular weight is 405 g/mol. The van der Waals surface area contributed by atoms with E-state index >= 15 is 0 Å². The van der Waals surface area contributed by atoms with Crippen molar-refractivity contribution in [3.05, 3.63) is 72.8 Å². The summed E-state index contributed by atoms with van der Waals surface area (Å²) >= 11 is 0. The predicted molar refractivity (Wildman–Crippen MR) is 133 cm³/mol. The molecule has 3 nitrogen and oxygen atoms in total. The van der Waals surface area contributed by atoms with Crippen molar-refractivity contribution < 1.29 is 4.42 Å². The second-order valence-corrected chi connectivity index (χ2v) is 7.93. The third-order valence-corrected chi connectivity index (χ3v) is 6.54. The number of rotatable bonds is 0. The third kappa shape index (κ3) is 2.18. The first kappa shape index (κ1) is 18.1. The second kappa shape index (κ2) is 6.39. The second-order valence-electron chi connectivity index (χ2n) is 7.93. The van der Waals surface area contributed by atoms with Gasteiger partial charge in [0.05, 0.1) is 21.9 Å². The zero-order valence-electron chi connectivity index (χ0n) is 18.2. The van der Waals surface area contributed by atoms with Crippen LogP contribution in [0.15, 0.2) is 77.2 Å². The van der Waals surface area contributed by atoms with E-state index in [4.69, 9.17) is 4.42 Å². The molecule has 0 bridgehead atoms. The molecule has 0 saturated heterocycles. The topological polar surface area (TPSA) is 23.0 Å². The van der Waals surface area contributed by atoms with E-state index in [0.717, 1.165) is 11.2 Å². The number of benzene rings is 4. The van der Waals surface area contributed by atoms with E-state index in [1.807, 2.05) is 19.9 Å². The number of hydrogen-bond acceptors (Lipinski definition) is 1. The Kier molecular flexibility index (Phi) is 3.73. The van der Waals surface area contributed by atoms with Gasteiger partial charge in [-0.25, -0.2) is 0 Å². The summed E-state index contributed by atoms with van der Waals surface area (Å²) in [5, 5.41) is 7.40. The number of para-hydroxylation sites is 2. The molecule has 3 heterocycles. The fourth-order valence-corrected chi connectivity index (χ4v) is 5.22. The first-order valence-electron chi connectivity index (χ1n) is 10.9. The summed E-state index contributed by atoms with van der Waals surface area (Å²) < 4.78 is 11.0. The molecule has 4 aromatic carbocycles. The van der Waals surface area contributed by atoms with Crippen molar-refractivity contribution in [1.29, 1.82) is 0 Å². The van der Waals surface area contributed by atoms with Crippen LogP contribution in [0.1, 0.15) is 13.8 Å². The monoisotopic (exact) mass is 404 g/mol. The van der Waals surface area contributed by atoms with E-state index < -0.39 is 0 Å². The number of fused-ring (bicyclic) bond motifs is 11. The van der Waals surface area contributed by atoms with Crippen molar-refractivity contribution in [3.8, 4) is 0 Å². The van der Waals surface area contributed by atoms with Crippen LogP contribution in [0.25, 0.3) is 65.6 Å². The zero-order valence-corrected chi connectivity index (χ0v) is 18.2. The SMILES string of the molecule is CC.Cn1c2ccccc2c2c1ccc1c3c4oc5ccccc5c4ccc3n(C)c12. The van der Waals surface area contributed by atoms with Gasteiger partial charge in [0.25, 0.3) is 0 Å². The average Bonchev–Trinajstić information content (AvgIpc) is 3.44. The molecule has 152 valence electrons. The van der Waals surface area contributed by atoms with Crippen molar-refractivity contribution in [2.75, 3.05) is 0 Å². The van der Waals surface area contributed by atoms with Crippen LogP contribution in [0, 0.1) is 0 Å². The Labute approximate surface area is 180 Å². The molecule has 3 aromatic heterocycles. The lowest BCUT2D eigenvalue weighted by Crippen LogP contribution is -1.88. The molecule has 0 aliphatic rings. The lowest BCUT2D eigenvalue weighted by atomic mass is 10.1. The minimum Gasteiger partial charge on any atom is -0.455 e. The van der Waals surface area contributed by atoms with E-state index in [-0.39, 0.29) is 0 Å². The highest BCUT2D eigenvalue weighted by Crippen LogP contribution is 2.42. The molecular formula is C28H24N2O. The predicted octanol–water partition coefficient (Wildman–Crippen LogP) is 7.90. The van der Waals surface area contributed by atoms with Crippen molar-refractivity contribution >= 4 is 65.6 Å². The summed E-state index contributed by atoms with van der Waals surface area (Å²) in [5.41, 5.74) is 6.90. The number of furan rings is 1. The molecule has 0 radical (unpaired) electrons. The van der Waals surface area contributed by atoms with Gasteiger partial charge in [-0.3, -0.25) is 0 Å². The molecule has 7 rings (SSSR count). The largest absolute Gasteiger partial charge is 0.455 e. The maximum absolute atomic E-state index is 6.37.